The van der Waals surface area contributed by atoms with E-state index in [0.29, 0.717) is 5.75 Å². The molecule has 0 radical (unpaired) electrons. The van der Waals surface area contributed by atoms with Crippen molar-refractivity contribution in [3.05, 3.63) is 53.9 Å². The number of aromatic nitrogens is 1. The van der Waals surface area contributed by atoms with Crippen LogP contribution in [0.15, 0.2) is 41.6 Å². The Morgan fingerprint density at radius 1 is 1.24 bits per heavy atom. The van der Waals surface area contributed by atoms with Crippen molar-refractivity contribution in [2.24, 2.45) is 0 Å². The number of hydrogen-bond acceptors (Lipinski definition) is 3. The van der Waals surface area contributed by atoms with Gasteiger partial charge in [0.25, 0.3) is 0 Å². The molecule has 0 aliphatic rings. The Hall–Kier alpha value is -1.62. The lowest BCUT2D eigenvalue weighted by molar-refractivity contribution is 0.542. The zero-order valence-electron chi connectivity index (χ0n) is 8.86. The van der Waals surface area contributed by atoms with Gasteiger partial charge in [0.15, 0.2) is 0 Å². The topological polar surface area (TPSA) is 38.9 Å². The molecule has 88 valence electrons. The van der Waals surface area contributed by atoms with Gasteiger partial charge in [0.05, 0.1) is 4.90 Å². The van der Waals surface area contributed by atoms with E-state index >= 15 is 0 Å². The van der Waals surface area contributed by atoms with Crippen LogP contribution in [0.2, 0.25) is 0 Å². The minimum Gasteiger partial charge on any atom is -0.399 e. The van der Waals surface area contributed by atoms with Crippen LogP contribution >= 0.6 is 11.8 Å². The normalized spacial score (nSPS) is 10.5. The number of hydrogen-bond donors (Lipinski definition) is 1. The van der Waals surface area contributed by atoms with E-state index in [-0.39, 0.29) is 10.6 Å². The van der Waals surface area contributed by atoms with E-state index in [9.17, 15) is 8.78 Å². The van der Waals surface area contributed by atoms with Crippen molar-refractivity contribution in [1.29, 1.82) is 0 Å². The Bertz CT molecular complexity index is 494. The van der Waals surface area contributed by atoms with Crippen molar-refractivity contribution in [3.63, 3.8) is 0 Å². The summed E-state index contributed by atoms with van der Waals surface area (Å²) in [5.74, 6) is -0.793. The molecule has 17 heavy (non-hydrogen) atoms. The SMILES string of the molecule is Nc1cc(F)c(SCc2cccnc2)c(F)c1. The van der Waals surface area contributed by atoms with E-state index in [1.54, 1.807) is 18.5 Å². The van der Waals surface area contributed by atoms with Crippen LogP contribution in [0.4, 0.5) is 14.5 Å². The summed E-state index contributed by atoms with van der Waals surface area (Å²) in [4.78, 5) is 3.92. The molecule has 0 saturated heterocycles. The van der Waals surface area contributed by atoms with Gasteiger partial charge in [-0.25, -0.2) is 8.78 Å². The largest absolute Gasteiger partial charge is 0.399 e. The maximum Gasteiger partial charge on any atom is 0.141 e. The van der Waals surface area contributed by atoms with Crippen LogP contribution in [-0.2, 0) is 5.75 Å². The molecule has 5 heteroatoms. The first kappa shape index (κ1) is 11.9. The van der Waals surface area contributed by atoms with Gasteiger partial charge < -0.3 is 5.73 Å². The highest BCUT2D eigenvalue weighted by molar-refractivity contribution is 7.98. The highest BCUT2D eigenvalue weighted by Crippen LogP contribution is 2.29. The lowest BCUT2D eigenvalue weighted by atomic mass is 10.3. The van der Waals surface area contributed by atoms with Gasteiger partial charge in [-0.3, -0.25) is 4.98 Å². The molecule has 0 saturated carbocycles. The highest BCUT2D eigenvalue weighted by Gasteiger charge is 2.10. The molecule has 0 spiro atoms. The number of benzene rings is 1. The number of nitrogen functional groups attached to an aromatic ring is 1. The average Bonchev–Trinajstić information content (AvgIpc) is 2.29. The minimum absolute atomic E-state index is 0.0111. The van der Waals surface area contributed by atoms with E-state index < -0.39 is 11.6 Å². The fourth-order valence-electron chi connectivity index (χ4n) is 1.36. The van der Waals surface area contributed by atoms with Crippen LogP contribution in [0.1, 0.15) is 5.56 Å². The van der Waals surface area contributed by atoms with E-state index in [0.717, 1.165) is 29.5 Å². The van der Waals surface area contributed by atoms with Crippen LogP contribution < -0.4 is 5.73 Å². The van der Waals surface area contributed by atoms with Gasteiger partial charge in [0.1, 0.15) is 11.6 Å². The van der Waals surface area contributed by atoms with Crippen molar-refractivity contribution in [1.82, 2.24) is 4.98 Å². The molecule has 0 aliphatic heterocycles. The van der Waals surface area contributed by atoms with Crippen molar-refractivity contribution in [3.8, 4) is 0 Å². The Kier molecular flexibility index (Phi) is 3.58. The molecule has 2 aromatic rings. The van der Waals surface area contributed by atoms with Crippen LogP contribution in [-0.4, -0.2) is 4.98 Å². The molecule has 1 aromatic heterocycles. The minimum atomic E-state index is -0.628. The van der Waals surface area contributed by atoms with Gasteiger partial charge in [0.2, 0.25) is 0 Å². The predicted octanol–water partition coefficient (Wildman–Crippen LogP) is 3.23. The molecule has 0 atom stereocenters. The summed E-state index contributed by atoms with van der Waals surface area (Å²) in [6.07, 6.45) is 3.32. The zero-order chi connectivity index (χ0) is 12.3. The molecule has 1 heterocycles. The molecule has 2 rings (SSSR count). The highest BCUT2D eigenvalue weighted by atomic mass is 32.2. The van der Waals surface area contributed by atoms with Crippen molar-refractivity contribution >= 4 is 17.4 Å². The third kappa shape index (κ3) is 2.94. The Morgan fingerprint density at radius 3 is 2.53 bits per heavy atom. The van der Waals surface area contributed by atoms with Crippen molar-refractivity contribution in [2.75, 3.05) is 5.73 Å². The molecule has 2 N–H and O–H groups in total. The number of anilines is 1. The summed E-state index contributed by atoms with van der Waals surface area (Å²) >= 11 is 1.09. The number of thioether (sulfide) groups is 1. The average molecular weight is 252 g/mol. The molecule has 0 aliphatic carbocycles. The molecular weight excluding hydrogens is 242 g/mol. The summed E-state index contributed by atoms with van der Waals surface area (Å²) in [5, 5.41) is 0. The fourth-order valence-corrected chi connectivity index (χ4v) is 2.23. The van der Waals surface area contributed by atoms with Crippen LogP contribution in [0, 0.1) is 11.6 Å². The summed E-state index contributed by atoms with van der Waals surface area (Å²) in [6, 6.07) is 5.88. The van der Waals surface area contributed by atoms with Gasteiger partial charge in [-0.05, 0) is 23.8 Å². The fraction of sp³-hybridized carbons (Fsp3) is 0.0833. The first-order valence-corrected chi connectivity index (χ1v) is 5.91. The summed E-state index contributed by atoms with van der Waals surface area (Å²) < 4.78 is 26.9. The monoisotopic (exact) mass is 252 g/mol. The third-order valence-corrected chi connectivity index (χ3v) is 3.28. The maximum absolute atomic E-state index is 13.5. The molecule has 0 bridgehead atoms. The Balaban J connectivity index is 2.15. The number of rotatable bonds is 3. The quantitative estimate of drug-likeness (QED) is 0.673. The van der Waals surface area contributed by atoms with Crippen LogP contribution in [0.3, 0.4) is 0 Å². The molecule has 2 nitrogen and oxygen atoms in total. The summed E-state index contributed by atoms with van der Waals surface area (Å²) in [6.45, 7) is 0. The third-order valence-electron chi connectivity index (χ3n) is 2.13. The predicted molar refractivity (Wildman–Crippen MR) is 64.6 cm³/mol. The lowest BCUT2D eigenvalue weighted by Crippen LogP contribution is -1.93. The smallest absolute Gasteiger partial charge is 0.141 e. The first-order chi connectivity index (χ1) is 8.16. The number of halogens is 2. The number of nitrogens with zero attached hydrogens (tertiary/aromatic N) is 1. The second-order valence-electron chi connectivity index (χ2n) is 3.46. The lowest BCUT2D eigenvalue weighted by Gasteiger charge is -2.05. The maximum atomic E-state index is 13.5. The van der Waals surface area contributed by atoms with Gasteiger partial charge in [-0.2, -0.15) is 0 Å². The Morgan fingerprint density at radius 2 is 1.94 bits per heavy atom. The van der Waals surface area contributed by atoms with Gasteiger partial charge in [0, 0.05) is 23.8 Å². The number of pyridine rings is 1. The molecule has 1 aromatic carbocycles. The second kappa shape index (κ2) is 5.14. The molecule has 0 unspecified atom stereocenters. The van der Waals surface area contributed by atoms with E-state index in [1.807, 2.05) is 6.07 Å². The van der Waals surface area contributed by atoms with Crippen LogP contribution in [0.25, 0.3) is 0 Å². The zero-order valence-corrected chi connectivity index (χ0v) is 9.68. The molecular formula is C12H10F2N2S. The first-order valence-electron chi connectivity index (χ1n) is 4.93. The van der Waals surface area contributed by atoms with E-state index in [1.165, 1.54) is 0 Å². The molecule has 0 amide bonds. The van der Waals surface area contributed by atoms with E-state index in [4.69, 9.17) is 5.73 Å². The summed E-state index contributed by atoms with van der Waals surface area (Å²) in [7, 11) is 0. The van der Waals surface area contributed by atoms with E-state index in [2.05, 4.69) is 4.98 Å². The Labute approximate surface area is 102 Å². The van der Waals surface area contributed by atoms with Crippen LogP contribution in [0.5, 0.6) is 0 Å². The summed E-state index contributed by atoms with van der Waals surface area (Å²) in [5.41, 5.74) is 6.34. The van der Waals surface area contributed by atoms with Crippen molar-refractivity contribution < 1.29 is 8.78 Å². The van der Waals surface area contributed by atoms with Gasteiger partial charge in [-0.1, -0.05) is 6.07 Å². The number of nitrogens with two attached hydrogens (primary N) is 1. The van der Waals surface area contributed by atoms with Gasteiger partial charge >= 0.3 is 0 Å². The standard InChI is InChI=1S/C12H10F2N2S/c13-10-4-9(15)5-11(14)12(10)17-7-8-2-1-3-16-6-8/h1-6H,7,15H2. The van der Waals surface area contributed by atoms with Gasteiger partial charge in [-0.15, -0.1) is 11.8 Å². The molecule has 0 fully saturated rings. The second-order valence-corrected chi connectivity index (χ2v) is 4.45. The van der Waals surface area contributed by atoms with Crippen molar-refractivity contribution in [2.45, 2.75) is 10.6 Å².